The largest absolute Gasteiger partial charge is 0.329 e. The van der Waals surface area contributed by atoms with Gasteiger partial charge in [0.05, 0.1) is 0 Å². The molecule has 2 N–H and O–H groups in total. The van der Waals surface area contributed by atoms with Crippen molar-refractivity contribution in [2.45, 2.75) is 19.9 Å². The summed E-state index contributed by atoms with van der Waals surface area (Å²) in [5, 5.41) is 0. The lowest BCUT2D eigenvalue weighted by molar-refractivity contribution is 0.223. The van der Waals surface area contributed by atoms with Crippen molar-refractivity contribution in [3.63, 3.8) is 0 Å². The van der Waals surface area contributed by atoms with Gasteiger partial charge in [-0.3, -0.25) is 4.90 Å². The van der Waals surface area contributed by atoms with Crippen molar-refractivity contribution in [3.8, 4) is 0 Å². The van der Waals surface area contributed by atoms with Gasteiger partial charge in [-0.1, -0.05) is 19.9 Å². The van der Waals surface area contributed by atoms with E-state index in [4.69, 9.17) is 5.73 Å². The van der Waals surface area contributed by atoms with E-state index in [1.54, 1.807) is 6.07 Å². The number of halogens is 2. The van der Waals surface area contributed by atoms with E-state index in [1.165, 1.54) is 6.07 Å². The van der Waals surface area contributed by atoms with Gasteiger partial charge in [-0.2, -0.15) is 0 Å². The Morgan fingerprint density at radius 1 is 1.24 bits per heavy atom. The van der Waals surface area contributed by atoms with Crippen LogP contribution in [-0.2, 0) is 0 Å². The first-order valence-electron chi connectivity index (χ1n) is 5.81. The number of benzene rings is 1. The fourth-order valence-corrected chi connectivity index (χ4v) is 1.99. The molecule has 1 aromatic carbocycles. The Morgan fingerprint density at radius 3 is 2.35 bits per heavy atom. The molecule has 1 unspecified atom stereocenters. The lowest BCUT2D eigenvalue weighted by Gasteiger charge is -2.28. The summed E-state index contributed by atoms with van der Waals surface area (Å²) >= 11 is 0. The van der Waals surface area contributed by atoms with Crippen LogP contribution in [0.5, 0.6) is 0 Å². The zero-order valence-corrected chi connectivity index (χ0v) is 10.6. The van der Waals surface area contributed by atoms with E-state index in [1.807, 2.05) is 7.05 Å². The highest BCUT2D eigenvalue weighted by Crippen LogP contribution is 2.21. The molecule has 1 rings (SSSR count). The number of hydrogen-bond acceptors (Lipinski definition) is 2. The molecular formula is C13H20F2N2. The van der Waals surface area contributed by atoms with Crippen LogP contribution in [0.15, 0.2) is 18.2 Å². The third-order valence-corrected chi connectivity index (χ3v) is 2.74. The Hall–Kier alpha value is -1.00. The van der Waals surface area contributed by atoms with E-state index >= 15 is 0 Å². The van der Waals surface area contributed by atoms with Gasteiger partial charge in [-0.25, -0.2) is 8.78 Å². The summed E-state index contributed by atoms with van der Waals surface area (Å²) in [5.74, 6) is -1.14. The molecule has 0 aromatic heterocycles. The molecule has 0 amide bonds. The van der Waals surface area contributed by atoms with Crippen molar-refractivity contribution >= 4 is 0 Å². The fraction of sp³-hybridized carbons (Fsp3) is 0.538. The summed E-state index contributed by atoms with van der Waals surface area (Å²) < 4.78 is 26.0. The standard InChI is InChI=1S/C13H20F2N2/c1-9(2)8-17(3)13(7-16)10-4-5-11(14)12(15)6-10/h4-6,9,13H,7-8,16H2,1-3H3. The second-order valence-electron chi connectivity index (χ2n) is 4.76. The predicted octanol–water partition coefficient (Wildman–Crippen LogP) is 2.55. The quantitative estimate of drug-likeness (QED) is 0.859. The van der Waals surface area contributed by atoms with E-state index in [0.29, 0.717) is 12.5 Å². The first-order valence-corrected chi connectivity index (χ1v) is 5.81. The average molecular weight is 242 g/mol. The Bertz CT molecular complexity index is 366. The van der Waals surface area contributed by atoms with Gasteiger partial charge >= 0.3 is 0 Å². The lowest BCUT2D eigenvalue weighted by Crippen LogP contribution is -2.33. The van der Waals surface area contributed by atoms with Gasteiger partial charge in [0.1, 0.15) is 0 Å². The van der Waals surface area contributed by atoms with E-state index in [0.717, 1.165) is 18.2 Å². The molecule has 96 valence electrons. The van der Waals surface area contributed by atoms with Crippen LogP contribution >= 0.6 is 0 Å². The smallest absolute Gasteiger partial charge is 0.159 e. The van der Waals surface area contributed by atoms with Crippen LogP contribution in [0.25, 0.3) is 0 Å². The van der Waals surface area contributed by atoms with E-state index < -0.39 is 11.6 Å². The number of nitrogens with zero attached hydrogens (tertiary/aromatic N) is 1. The minimum absolute atomic E-state index is 0.0764. The highest BCUT2D eigenvalue weighted by Gasteiger charge is 2.17. The van der Waals surface area contributed by atoms with Gasteiger partial charge in [0, 0.05) is 19.1 Å². The zero-order valence-electron chi connectivity index (χ0n) is 10.6. The molecule has 0 aliphatic carbocycles. The Labute approximate surface area is 101 Å². The summed E-state index contributed by atoms with van der Waals surface area (Å²) in [4.78, 5) is 2.07. The molecule has 0 fully saturated rings. The van der Waals surface area contributed by atoms with Crippen molar-refractivity contribution in [1.82, 2.24) is 4.90 Å². The molecule has 0 aliphatic rings. The van der Waals surface area contributed by atoms with Crippen molar-refractivity contribution in [3.05, 3.63) is 35.4 Å². The summed E-state index contributed by atoms with van der Waals surface area (Å²) in [6.07, 6.45) is 0. The van der Waals surface area contributed by atoms with Crippen molar-refractivity contribution in [2.75, 3.05) is 20.1 Å². The molecule has 17 heavy (non-hydrogen) atoms. The summed E-state index contributed by atoms with van der Waals surface area (Å²) in [6, 6.07) is 3.89. The van der Waals surface area contributed by atoms with Crippen LogP contribution in [0.4, 0.5) is 8.78 Å². The molecule has 0 aliphatic heterocycles. The molecule has 0 heterocycles. The summed E-state index contributed by atoms with van der Waals surface area (Å²) in [7, 11) is 1.94. The van der Waals surface area contributed by atoms with Crippen LogP contribution in [0.2, 0.25) is 0 Å². The fourth-order valence-electron chi connectivity index (χ4n) is 1.99. The SMILES string of the molecule is CC(C)CN(C)C(CN)c1ccc(F)c(F)c1. The Kier molecular flexibility index (Phi) is 5.02. The Morgan fingerprint density at radius 2 is 1.88 bits per heavy atom. The second kappa shape index (κ2) is 6.07. The van der Waals surface area contributed by atoms with Gasteiger partial charge in [0.2, 0.25) is 0 Å². The monoisotopic (exact) mass is 242 g/mol. The molecule has 0 saturated carbocycles. The molecular weight excluding hydrogens is 222 g/mol. The van der Waals surface area contributed by atoms with Gasteiger partial charge < -0.3 is 5.73 Å². The number of hydrogen-bond donors (Lipinski definition) is 1. The van der Waals surface area contributed by atoms with Crippen LogP contribution in [-0.4, -0.2) is 25.0 Å². The van der Waals surface area contributed by atoms with Crippen LogP contribution in [0, 0.1) is 17.6 Å². The van der Waals surface area contributed by atoms with Gasteiger partial charge in [-0.15, -0.1) is 0 Å². The predicted molar refractivity (Wildman–Crippen MR) is 65.6 cm³/mol. The highest BCUT2D eigenvalue weighted by atomic mass is 19.2. The van der Waals surface area contributed by atoms with Crippen LogP contribution in [0.1, 0.15) is 25.5 Å². The molecule has 0 saturated heterocycles. The number of likely N-dealkylation sites (N-methyl/N-ethyl adjacent to an activating group) is 1. The molecule has 0 bridgehead atoms. The van der Waals surface area contributed by atoms with Crippen molar-refractivity contribution < 1.29 is 8.78 Å². The van der Waals surface area contributed by atoms with Crippen LogP contribution < -0.4 is 5.73 Å². The van der Waals surface area contributed by atoms with Gasteiger partial charge in [0.15, 0.2) is 11.6 Å². The third-order valence-electron chi connectivity index (χ3n) is 2.74. The van der Waals surface area contributed by atoms with Gasteiger partial charge in [0.25, 0.3) is 0 Å². The van der Waals surface area contributed by atoms with Gasteiger partial charge in [-0.05, 0) is 30.7 Å². The maximum atomic E-state index is 13.2. The van der Waals surface area contributed by atoms with E-state index in [-0.39, 0.29) is 6.04 Å². The normalized spacial score (nSPS) is 13.4. The molecule has 0 spiro atoms. The molecule has 2 nitrogen and oxygen atoms in total. The average Bonchev–Trinajstić information content (AvgIpc) is 2.23. The first kappa shape index (κ1) is 14.1. The number of rotatable bonds is 5. The first-order chi connectivity index (χ1) is 7.95. The molecule has 1 aromatic rings. The molecule has 0 radical (unpaired) electrons. The molecule has 4 heteroatoms. The third kappa shape index (κ3) is 3.75. The number of nitrogens with two attached hydrogens (primary N) is 1. The highest BCUT2D eigenvalue weighted by molar-refractivity contribution is 5.21. The van der Waals surface area contributed by atoms with E-state index in [9.17, 15) is 8.78 Å². The second-order valence-corrected chi connectivity index (χ2v) is 4.76. The molecule has 1 atom stereocenters. The zero-order chi connectivity index (χ0) is 13.0. The lowest BCUT2D eigenvalue weighted by atomic mass is 10.0. The Balaban J connectivity index is 2.89. The topological polar surface area (TPSA) is 29.3 Å². The van der Waals surface area contributed by atoms with Crippen molar-refractivity contribution in [2.24, 2.45) is 11.7 Å². The maximum absolute atomic E-state index is 13.2. The van der Waals surface area contributed by atoms with E-state index in [2.05, 4.69) is 18.7 Å². The summed E-state index contributed by atoms with van der Waals surface area (Å²) in [6.45, 7) is 5.46. The maximum Gasteiger partial charge on any atom is 0.159 e. The van der Waals surface area contributed by atoms with Crippen molar-refractivity contribution in [1.29, 1.82) is 0 Å². The minimum atomic E-state index is -0.823. The van der Waals surface area contributed by atoms with Crippen LogP contribution in [0.3, 0.4) is 0 Å². The summed E-state index contributed by atoms with van der Waals surface area (Å²) in [5.41, 5.74) is 6.43. The minimum Gasteiger partial charge on any atom is -0.329 e.